The predicted octanol–water partition coefficient (Wildman–Crippen LogP) is 3.89. The van der Waals surface area contributed by atoms with E-state index in [1.165, 1.54) is 22.7 Å². The van der Waals surface area contributed by atoms with Gasteiger partial charge in [0.25, 0.3) is 4.06 Å². The molecule has 0 unspecified atom stereocenters. The van der Waals surface area contributed by atoms with Gasteiger partial charge in [-0.25, -0.2) is 0 Å². The lowest BCUT2D eigenvalue weighted by Gasteiger charge is -2.13. The van der Waals surface area contributed by atoms with Gasteiger partial charge in [0, 0.05) is 11.5 Å². The van der Waals surface area contributed by atoms with E-state index >= 15 is 0 Å². The van der Waals surface area contributed by atoms with Gasteiger partial charge in [-0.15, -0.1) is 23.5 Å². The summed E-state index contributed by atoms with van der Waals surface area (Å²) in [6.45, 7) is 5.10. The zero-order chi connectivity index (χ0) is 22.3. The third-order valence-corrected chi connectivity index (χ3v) is 9.01. The van der Waals surface area contributed by atoms with Gasteiger partial charge in [-0.1, -0.05) is 34.8 Å². The molecule has 1 aliphatic heterocycles. The molecular formula is C21H28O7S4. The van der Waals surface area contributed by atoms with Crippen molar-refractivity contribution in [1.82, 2.24) is 0 Å². The second-order valence-corrected chi connectivity index (χ2v) is 11.3. The molecule has 2 aromatic rings. The predicted molar refractivity (Wildman–Crippen MR) is 131 cm³/mol. The van der Waals surface area contributed by atoms with Crippen molar-refractivity contribution >= 4 is 46.2 Å². The Hall–Kier alpha value is -0.790. The van der Waals surface area contributed by atoms with Gasteiger partial charge in [0.2, 0.25) is 0 Å². The first kappa shape index (κ1) is 25.8. The number of para-hydroxylation sites is 2. The van der Waals surface area contributed by atoms with Gasteiger partial charge in [0.15, 0.2) is 11.5 Å². The largest absolute Gasteiger partial charge is 0.487 e. The highest BCUT2D eigenvalue weighted by Gasteiger charge is 2.10. The minimum Gasteiger partial charge on any atom is -0.487 e. The summed E-state index contributed by atoms with van der Waals surface area (Å²) in [7, 11) is 0. The average Bonchev–Trinajstić information content (AvgIpc) is 3.15. The van der Waals surface area contributed by atoms with Crippen LogP contribution in [0.1, 0.15) is 0 Å². The highest BCUT2D eigenvalue weighted by atomic mass is 32.2. The van der Waals surface area contributed by atoms with Crippen LogP contribution in [0, 0.1) is 0 Å². The van der Waals surface area contributed by atoms with Crippen molar-refractivity contribution in [1.29, 1.82) is 0 Å². The summed E-state index contributed by atoms with van der Waals surface area (Å²) < 4.78 is 36.2. The van der Waals surface area contributed by atoms with Crippen molar-refractivity contribution in [3.8, 4) is 11.5 Å². The highest BCUT2D eigenvalue weighted by molar-refractivity contribution is 8.04. The maximum absolute atomic E-state index is 11.8. The minimum atomic E-state index is 0.127. The lowest BCUT2D eigenvalue weighted by molar-refractivity contribution is 0.0376. The fourth-order valence-corrected chi connectivity index (χ4v) is 7.67. The molecular weight excluding hydrogens is 492 g/mol. The standard InChI is InChI=1S/C21H28O7S4/c22-21-31-19-20(32-21)30-16-14-26-8-6-24-10-12-28-18-4-2-1-3-17(18)27-11-9-23-5-7-25-13-15-29-19/h1-4H,5-16H2. The quantitative estimate of drug-likeness (QED) is 0.514. The van der Waals surface area contributed by atoms with Crippen LogP contribution in [-0.4, -0.2) is 77.6 Å². The van der Waals surface area contributed by atoms with Gasteiger partial charge in [-0.3, -0.25) is 4.79 Å². The number of rotatable bonds is 0. The van der Waals surface area contributed by atoms with Crippen LogP contribution >= 0.6 is 46.2 Å². The van der Waals surface area contributed by atoms with E-state index in [0.717, 1.165) is 19.9 Å². The van der Waals surface area contributed by atoms with E-state index in [1.54, 1.807) is 23.5 Å². The van der Waals surface area contributed by atoms with Crippen LogP contribution < -0.4 is 13.5 Å². The van der Waals surface area contributed by atoms with Gasteiger partial charge < -0.3 is 28.4 Å². The maximum atomic E-state index is 11.8. The molecule has 7 nitrogen and oxygen atoms in total. The van der Waals surface area contributed by atoms with Crippen LogP contribution in [-0.2, 0) is 18.9 Å². The van der Waals surface area contributed by atoms with E-state index in [2.05, 4.69) is 0 Å². The van der Waals surface area contributed by atoms with Gasteiger partial charge in [0.05, 0.1) is 61.3 Å². The Morgan fingerprint density at radius 3 is 1.44 bits per heavy atom. The molecule has 2 heterocycles. The normalized spacial score (nSPS) is 18.9. The zero-order valence-corrected chi connectivity index (χ0v) is 21.1. The number of fused-ring (bicyclic) bond motifs is 2. The van der Waals surface area contributed by atoms with Crippen molar-refractivity contribution in [2.45, 2.75) is 8.42 Å². The molecule has 11 heteroatoms. The fourth-order valence-electron chi connectivity index (χ4n) is 2.57. The molecule has 0 amide bonds. The summed E-state index contributed by atoms with van der Waals surface area (Å²) in [5, 5.41) is 0. The van der Waals surface area contributed by atoms with Gasteiger partial charge in [0.1, 0.15) is 13.2 Å². The first-order valence-electron chi connectivity index (χ1n) is 10.4. The summed E-state index contributed by atoms with van der Waals surface area (Å²) in [5.41, 5.74) is 0. The number of ether oxygens (including phenoxy) is 6. The van der Waals surface area contributed by atoms with Gasteiger partial charge in [-0.2, -0.15) is 0 Å². The van der Waals surface area contributed by atoms with Crippen LogP contribution in [0.15, 0.2) is 37.5 Å². The second-order valence-electron chi connectivity index (χ2n) is 6.32. The van der Waals surface area contributed by atoms with E-state index < -0.39 is 0 Å². The molecule has 32 heavy (non-hydrogen) atoms. The second kappa shape index (κ2) is 15.9. The lowest BCUT2D eigenvalue weighted by atomic mass is 10.3. The van der Waals surface area contributed by atoms with E-state index in [0.29, 0.717) is 77.6 Å². The average molecular weight is 521 g/mol. The number of hydrogen-bond donors (Lipinski definition) is 0. The van der Waals surface area contributed by atoms with Crippen LogP contribution in [0.4, 0.5) is 0 Å². The Bertz CT molecular complexity index is 763. The van der Waals surface area contributed by atoms with Crippen LogP contribution in [0.3, 0.4) is 0 Å². The molecule has 0 bridgehead atoms. The number of thioether (sulfide) groups is 2. The zero-order valence-electron chi connectivity index (χ0n) is 17.8. The molecule has 0 fully saturated rings. The van der Waals surface area contributed by atoms with Crippen molar-refractivity contribution in [3.63, 3.8) is 0 Å². The monoisotopic (exact) mass is 520 g/mol. The summed E-state index contributed by atoms with van der Waals surface area (Å²) in [5.74, 6) is 2.98. The molecule has 1 aromatic heterocycles. The summed E-state index contributed by atoms with van der Waals surface area (Å²) in [6.07, 6.45) is 0. The Labute approximate surface area is 204 Å². The molecule has 0 saturated carbocycles. The molecule has 0 aliphatic carbocycles. The molecule has 3 rings (SSSR count). The maximum Gasteiger partial charge on any atom is 0.289 e. The first-order valence-corrected chi connectivity index (χ1v) is 14.0. The number of benzene rings is 1. The smallest absolute Gasteiger partial charge is 0.289 e. The molecule has 0 atom stereocenters. The third kappa shape index (κ3) is 10.0. The molecule has 0 radical (unpaired) electrons. The summed E-state index contributed by atoms with van der Waals surface area (Å²) in [4.78, 5) is 11.8. The SMILES string of the molecule is O=c1sc2c(s1)SCCOCCOCCOc1ccccc1OCCOCCOCCS2. The van der Waals surface area contributed by atoms with Crippen molar-refractivity contribution in [2.24, 2.45) is 0 Å². The Morgan fingerprint density at radius 1 is 0.562 bits per heavy atom. The van der Waals surface area contributed by atoms with Crippen LogP contribution in [0.25, 0.3) is 0 Å². The minimum absolute atomic E-state index is 0.127. The third-order valence-electron chi connectivity index (χ3n) is 4.00. The highest BCUT2D eigenvalue weighted by Crippen LogP contribution is 2.36. The van der Waals surface area contributed by atoms with Gasteiger partial charge >= 0.3 is 0 Å². The van der Waals surface area contributed by atoms with E-state index in [1.807, 2.05) is 24.3 Å². The van der Waals surface area contributed by atoms with Crippen molar-refractivity contribution < 1.29 is 28.4 Å². The molecule has 178 valence electrons. The fraction of sp³-hybridized carbons (Fsp3) is 0.571. The molecule has 0 N–H and O–H groups in total. The Balaban J connectivity index is 1.45. The molecule has 1 aromatic carbocycles. The number of hydrogen-bond acceptors (Lipinski definition) is 11. The molecule has 0 saturated heterocycles. The lowest BCUT2D eigenvalue weighted by Crippen LogP contribution is -2.13. The summed E-state index contributed by atoms with van der Waals surface area (Å²) >= 11 is 5.96. The van der Waals surface area contributed by atoms with Crippen molar-refractivity contribution in [3.05, 3.63) is 33.1 Å². The Kier molecular flexibility index (Phi) is 12.9. The van der Waals surface area contributed by atoms with E-state index in [4.69, 9.17) is 28.4 Å². The first-order chi connectivity index (χ1) is 15.8. The van der Waals surface area contributed by atoms with E-state index in [9.17, 15) is 4.79 Å². The summed E-state index contributed by atoms with van der Waals surface area (Å²) in [6, 6.07) is 7.58. The van der Waals surface area contributed by atoms with Crippen molar-refractivity contribution in [2.75, 3.05) is 77.6 Å². The molecule has 0 spiro atoms. The molecule has 1 aliphatic rings. The van der Waals surface area contributed by atoms with E-state index in [-0.39, 0.29) is 4.06 Å². The van der Waals surface area contributed by atoms with Crippen LogP contribution in [0.5, 0.6) is 11.5 Å². The van der Waals surface area contributed by atoms with Gasteiger partial charge in [-0.05, 0) is 12.1 Å². The Morgan fingerprint density at radius 2 is 0.969 bits per heavy atom. The van der Waals surface area contributed by atoms with Crippen LogP contribution in [0.2, 0.25) is 0 Å². The topological polar surface area (TPSA) is 72.5 Å².